The molecule has 0 fully saturated rings. The van der Waals surface area contributed by atoms with Crippen LogP contribution in [0.25, 0.3) is 11.1 Å². The fourth-order valence-electron chi connectivity index (χ4n) is 2.67. The van der Waals surface area contributed by atoms with Crippen LogP contribution in [0.4, 0.5) is 15.3 Å². The Balaban J connectivity index is 2.38. The molecule has 2 aromatic rings. The van der Waals surface area contributed by atoms with Crippen molar-refractivity contribution in [1.82, 2.24) is 15.5 Å². The number of ether oxygens (including phenoxy) is 2. The van der Waals surface area contributed by atoms with Gasteiger partial charge in [-0.3, -0.25) is 10.1 Å². The Kier molecular flexibility index (Phi) is 7.62. The lowest BCUT2D eigenvalue weighted by Gasteiger charge is -2.23. The first-order valence-electron chi connectivity index (χ1n) is 9.49. The number of H-pyrrole nitrogens is 1. The second-order valence-electron chi connectivity index (χ2n) is 8.02. The lowest BCUT2D eigenvalue weighted by Crippen LogP contribution is -2.38. The Morgan fingerprint density at radius 1 is 1.16 bits per heavy atom. The van der Waals surface area contributed by atoms with Gasteiger partial charge in [0, 0.05) is 11.9 Å². The Morgan fingerprint density at radius 3 is 2.31 bits per heavy atom. The lowest BCUT2D eigenvalue weighted by atomic mass is 10.1. The SMILES string of the molecule is COC(=O)Nc1ccc(-c2cc([C@H](CS(C)(=O)=O)NC(=O)OC(C)(C)C)n[nH]c2=O)cc1. The number of anilines is 1. The van der Waals surface area contributed by atoms with Crippen LogP contribution in [-0.4, -0.2) is 55.5 Å². The molecule has 1 atom stereocenters. The van der Waals surface area contributed by atoms with E-state index >= 15 is 0 Å². The molecule has 2 amide bonds. The monoisotopic (exact) mass is 466 g/mol. The van der Waals surface area contributed by atoms with E-state index in [4.69, 9.17) is 4.74 Å². The molecular weight excluding hydrogens is 440 g/mol. The number of rotatable bonds is 6. The summed E-state index contributed by atoms with van der Waals surface area (Å²) in [7, 11) is -2.29. The molecule has 0 saturated carbocycles. The van der Waals surface area contributed by atoms with Crippen molar-refractivity contribution in [2.75, 3.05) is 24.4 Å². The van der Waals surface area contributed by atoms with E-state index in [1.807, 2.05) is 0 Å². The summed E-state index contributed by atoms with van der Waals surface area (Å²) in [5.41, 5.74) is -0.0355. The molecule has 0 radical (unpaired) electrons. The predicted molar refractivity (Wildman–Crippen MR) is 118 cm³/mol. The number of methoxy groups -OCH3 is 1. The quantitative estimate of drug-likeness (QED) is 0.585. The van der Waals surface area contributed by atoms with Crippen molar-refractivity contribution in [3.05, 3.63) is 46.4 Å². The molecule has 0 bridgehead atoms. The molecule has 0 spiro atoms. The zero-order chi connectivity index (χ0) is 24.1. The molecule has 3 N–H and O–H groups in total. The summed E-state index contributed by atoms with van der Waals surface area (Å²) in [6.07, 6.45) is -0.436. The van der Waals surface area contributed by atoms with Gasteiger partial charge in [-0.1, -0.05) is 12.1 Å². The van der Waals surface area contributed by atoms with E-state index < -0.39 is 45.0 Å². The second kappa shape index (κ2) is 9.81. The minimum atomic E-state index is -3.52. The number of carbonyl (C=O) groups excluding carboxylic acids is 2. The first kappa shape index (κ1) is 24.9. The summed E-state index contributed by atoms with van der Waals surface area (Å²) in [6.45, 7) is 5.02. The van der Waals surface area contributed by atoms with Crippen LogP contribution in [0.3, 0.4) is 0 Å². The van der Waals surface area contributed by atoms with Crippen molar-refractivity contribution in [3.63, 3.8) is 0 Å². The van der Waals surface area contributed by atoms with Gasteiger partial charge in [-0.05, 0) is 44.5 Å². The molecule has 32 heavy (non-hydrogen) atoms. The van der Waals surface area contributed by atoms with Gasteiger partial charge < -0.3 is 14.8 Å². The topological polar surface area (TPSA) is 157 Å². The van der Waals surface area contributed by atoms with Gasteiger partial charge in [0.1, 0.15) is 15.4 Å². The van der Waals surface area contributed by atoms with Gasteiger partial charge in [0.15, 0.2) is 0 Å². The normalized spacial score (nSPS) is 12.5. The summed E-state index contributed by atoms with van der Waals surface area (Å²) in [5, 5.41) is 11.2. The molecule has 1 aromatic carbocycles. The molecule has 0 saturated heterocycles. The number of nitrogens with one attached hydrogen (secondary N) is 3. The third kappa shape index (κ3) is 7.69. The number of hydrogen-bond donors (Lipinski definition) is 3. The molecule has 12 heteroatoms. The van der Waals surface area contributed by atoms with Crippen LogP contribution in [0.5, 0.6) is 0 Å². The first-order valence-corrected chi connectivity index (χ1v) is 11.6. The standard InChI is InChI=1S/C20H26N4O7S/c1-20(2,3)31-19(27)22-16(11-32(5,28)29)15-10-14(17(25)24-23-15)12-6-8-13(9-7-12)21-18(26)30-4/h6-10,16H,11H2,1-5H3,(H,21,26)(H,22,27)(H,24,25)/t16-/m0/s1. The van der Waals surface area contributed by atoms with Gasteiger partial charge in [-0.2, -0.15) is 5.10 Å². The maximum Gasteiger partial charge on any atom is 0.411 e. The Labute approximate surface area is 185 Å². The van der Waals surface area contributed by atoms with Crippen molar-refractivity contribution < 1.29 is 27.5 Å². The minimum Gasteiger partial charge on any atom is -0.453 e. The molecule has 1 aromatic heterocycles. The van der Waals surface area contributed by atoms with E-state index in [-0.39, 0.29) is 11.3 Å². The van der Waals surface area contributed by atoms with Crippen LogP contribution in [0, 0.1) is 0 Å². The van der Waals surface area contributed by atoms with E-state index in [1.165, 1.54) is 13.2 Å². The smallest absolute Gasteiger partial charge is 0.411 e. The highest BCUT2D eigenvalue weighted by Crippen LogP contribution is 2.22. The number of aromatic nitrogens is 2. The largest absolute Gasteiger partial charge is 0.453 e. The van der Waals surface area contributed by atoms with E-state index in [9.17, 15) is 22.8 Å². The molecule has 0 aliphatic rings. The molecule has 0 unspecified atom stereocenters. The number of alkyl carbamates (subject to hydrolysis) is 1. The number of hydrogen-bond acceptors (Lipinski definition) is 8. The highest BCUT2D eigenvalue weighted by atomic mass is 32.2. The van der Waals surface area contributed by atoms with E-state index in [0.29, 0.717) is 11.3 Å². The van der Waals surface area contributed by atoms with Gasteiger partial charge in [-0.15, -0.1) is 0 Å². The van der Waals surface area contributed by atoms with Crippen LogP contribution in [0.15, 0.2) is 35.1 Å². The highest BCUT2D eigenvalue weighted by molar-refractivity contribution is 7.90. The van der Waals surface area contributed by atoms with Gasteiger partial charge in [0.2, 0.25) is 0 Å². The third-order valence-corrected chi connectivity index (χ3v) is 4.91. The van der Waals surface area contributed by atoms with Crippen molar-refractivity contribution in [3.8, 4) is 11.1 Å². The van der Waals surface area contributed by atoms with Crippen molar-refractivity contribution >= 4 is 27.7 Å². The number of benzene rings is 1. The maximum atomic E-state index is 12.4. The molecular formula is C20H26N4O7S. The summed E-state index contributed by atoms with van der Waals surface area (Å²) in [4.78, 5) is 35.9. The fourth-order valence-corrected chi connectivity index (χ4v) is 3.53. The Hall–Kier alpha value is -3.41. The van der Waals surface area contributed by atoms with Crippen LogP contribution in [-0.2, 0) is 19.3 Å². The third-order valence-electron chi connectivity index (χ3n) is 3.97. The van der Waals surface area contributed by atoms with E-state index in [1.54, 1.807) is 45.0 Å². The number of nitrogens with zero attached hydrogens (tertiary/aromatic N) is 1. The summed E-state index contributed by atoms with van der Waals surface area (Å²) < 4.78 is 33.6. The molecule has 11 nitrogen and oxygen atoms in total. The number of carbonyl (C=O) groups is 2. The zero-order valence-corrected chi connectivity index (χ0v) is 19.2. The van der Waals surface area contributed by atoms with Gasteiger partial charge in [0.25, 0.3) is 5.56 Å². The second-order valence-corrected chi connectivity index (χ2v) is 10.2. The summed E-state index contributed by atoms with van der Waals surface area (Å²) in [5.74, 6) is -0.452. The van der Waals surface area contributed by atoms with Gasteiger partial charge in [-0.25, -0.2) is 23.1 Å². The molecule has 1 heterocycles. The fraction of sp³-hybridized carbons (Fsp3) is 0.400. The molecule has 2 rings (SSSR count). The number of sulfone groups is 1. The van der Waals surface area contributed by atoms with Crippen LogP contribution in [0.1, 0.15) is 32.5 Å². The average molecular weight is 467 g/mol. The molecule has 0 aliphatic carbocycles. The van der Waals surface area contributed by atoms with Crippen LogP contribution < -0.4 is 16.2 Å². The van der Waals surface area contributed by atoms with Crippen molar-refractivity contribution in [2.24, 2.45) is 0 Å². The molecule has 0 aliphatic heterocycles. The van der Waals surface area contributed by atoms with Crippen molar-refractivity contribution in [2.45, 2.75) is 32.4 Å². The highest BCUT2D eigenvalue weighted by Gasteiger charge is 2.25. The lowest BCUT2D eigenvalue weighted by molar-refractivity contribution is 0.0507. The summed E-state index contributed by atoms with van der Waals surface area (Å²) in [6, 6.07) is 6.65. The Morgan fingerprint density at radius 2 is 1.78 bits per heavy atom. The minimum absolute atomic E-state index is 0.132. The average Bonchev–Trinajstić information content (AvgIpc) is 2.66. The van der Waals surface area contributed by atoms with Crippen LogP contribution in [0.2, 0.25) is 0 Å². The van der Waals surface area contributed by atoms with E-state index in [0.717, 1.165) is 6.26 Å². The van der Waals surface area contributed by atoms with Crippen molar-refractivity contribution in [1.29, 1.82) is 0 Å². The maximum absolute atomic E-state index is 12.4. The molecule has 174 valence electrons. The van der Waals surface area contributed by atoms with Gasteiger partial charge >= 0.3 is 12.2 Å². The predicted octanol–water partition coefficient (Wildman–Crippen LogP) is 2.23. The zero-order valence-electron chi connectivity index (χ0n) is 18.4. The number of aromatic amines is 1. The Bertz CT molecular complexity index is 1140. The first-order chi connectivity index (χ1) is 14.8. The van der Waals surface area contributed by atoms with Crippen LogP contribution >= 0.6 is 0 Å². The van der Waals surface area contributed by atoms with Gasteiger partial charge in [0.05, 0.1) is 30.2 Å². The number of amides is 2. The van der Waals surface area contributed by atoms with E-state index in [2.05, 4.69) is 25.6 Å². The summed E-state index contributed by atoms with van der Waals surface area (Å²) >= 11 is 0.